The van der Waals surface area contributed by atoms with Gasteiger partial charge in [0.05, 0.1) is 11.4 Å². The van der Waals surface area contributed by atoms with Gasteiger partial charge >= 0.3 is 10.2 Å². The highest BCUT2D eigenvalue weighted by Crippen LogP contribution is 2.43. The van der Waals surface area contributed by atoms with Crippen molar-refractivity contribution in [3.63, 3.8) is 0 Å². The monoisotopic (exact) mass is 394 g/mol. The van der Waals surface area contributed by atoms with Crippen LogP contribution in [0.1, 0.15) is 36.2 Å². The van der Waals surface area contributed by atoms with Gasteiger partial charge in [0, 0.05) is 18.4 Å². The Morgan fingerprint density at radius 2 is 2.07 bits per heavy atom. The Hall–Kier alpha value is -2.95. The van der Waals surface area contributed by atoms with E-state index in [1.807, 2.05) is 0 Å². The van der Waals surface area contributed by atoms with Crippen LogP contribution in [-0.4, -0.2) is 41.7 Å². The van der Waals surface area contributed by atoms with E-state index < -0.39 is 39.9 Å². The minimum Gasteiger partial charge on any atom is -0.506 e. The molecule has 4 rings (SSSR count). The predicted molar refractivity (Wildman–Crippen MR) is 92.0 cm³/mol. The molecule has 2 heterocycles. The summed E-state index contributed by atoms with van der Waals surface area (Å²) in [5.41, 5.74) is 0.0781. The molecule has 11 heteroatoms. The van der Waals surface area contributed by atoms with Crippen molar-refractivity contribution in [2.75, 3.05) is 10.8 Å². The van der Waals surface area contributed by atoms with Gasteiger partial charge in [0.25, 0.3) is 5.91 Å². The van der Waals surface area contributed by atoms with Gasteiger partial charge in [0.15, 0.2) is 5.82 Å². The van der Waals surface area contributed by atoms with Crippen molar-refractivity contribution in [3.05, 3.63) is 29.7 Å². The van der Waals surface area contributed by atoms with E-state index in [1.54, 1.807) is 10.8 Å². The van der Waals surface area contributed by atoms with Crippen LogP contribution in [-0.2, 0) is 15.0 Å². The zero-order chi connectivity index (χ0) is 19.5. The highest BCUT2D eigenvalue weighted by molar-refractivity contribution is 7.92. The largest absolute Gasteiger partial charge is 0.506 e. The van der Waals surface area contributed by atoms with Crippen LogP contribution in [0.25, 0.3) is 11.3 Å². The molecule has 142 valence electrons. The Labute approximate surface area is 153 Å². The highest BCUT2D eigenvalue weighted by Gasteiger charge is 2.38. The molecule has 0 radical (unpaired) electrons. The zero-order valence-electron chi connectivity index (χ0n) is 14.1. The van der Waals surface area contributed by atoms with Gasteiger partial charge in [-0.2, -0.15) is 13.5 Å². The summed E-state index contributed by atoms with van der Waals surface area (Å²) in [4.78, 5) is 23.2. The normalized spacial score (nSPS) is 18.6. The molecular weight excluding hydrogens is 379 g/mol. The average molecular weight is 394 g/mol. The fourth-order valence-electron chi connectivity index (χ4n) is 3.08. The molecule has 9 nitrogen and oxygen atoms in total. The summed E-state index contributed by atoms with van der Waals surface area (Å²) in [5.74, 6) is -2.67. The third kappa shape index (κ3) is 2.83. The molecule has 2 N–H and O–H groups in total. The van der Waals surface area contributed by atoms with Gasteiger partial charge in [-0.25, -0.2) is 18.1 Å². The van der Waals surface area contributed by atoms with Gasteiger partial charge in [0.1, 0.15) is 18.0 Å². The zero-order valence-corrected chi connectivity index (χ0v) is 15.0. The molecular formula is C16H15FN4O5S. The number of nitrogens with one attached hydrogen (secondary N) is 1. The van der Waals surface area contributed by atoms with Crippen LogP contribution < -0.4 is 9.03 Å². The summed E-state index contributed by atoms with van der Waals surface area (Å²) < 4.78 is 42.6. The fraction of sp³-hybridized carbons (Fsp3) is 0.312. The van der Waals surface area contributed by atoms with Crippen LogP contribution in [0.4, 0.5) is 10.1 Å². The van der Waals surface area contributed by atoms with Crippen LogP contribution in [0.3, 0.4) is 0 Å². The Morgan fingerprint density at radius 3 is 2.63 bits per heavy atom. The summed E-state index contributed by atoms with van der Waals surface area (Å²) in [6.07, 6.45) is 1.81. The second-order valence-corrected chi connectivity index (χ2v) is 8.09. The lowest BCUT2D eigenvalue weighted by Crippen LogP contribution is -2.30. The van der Waals surface area contributed by atoms with Crippen molar-refractivity contribution in [3.8, 4) is 17.0 Å². The molecule has 1 aromatic heterocycles. The maximum atomic E-state index is 15.2. The number of phenolic OH excluding ortho intramolecular Hbond substituents is 1. The van der Waals surface area contributed by atoms with Gasteiger partial charge in [-0.15, -0.1) is 0 Å². The first-order valence-electron chi connectivity index (χ1n) is 8.15. The van der Waals surface area contributed by atoms with Crippen molar-refractivity contribution in [2.45, 2.75) is 25.7 Å². The van der Waals surface area contributed by atoms with Gasteiger partial charge < -0.3 is 5.11 Å². The predicted octanol–water partition coefficient (Wildman–Crippen LogP) is 1.11. The summed E-state index contributed by atoms with van der Waals surface area (Å²) in [5, 5.41) is 14.2. The minimum atomic E-state index is -4.30. The Bertz CT molecular complexity index is 1090. The molecule has 2 aliphatic rings. The van der Waals surface area contributed by atoms with Gasteiger partial charge in [-0.1, -0.05) is 0 Å². The van der Waals surface area contributed by atoms with E-state index in [0.717, 1.165) is 18.9 Å². The van der Waals surface area contributed by atoms with E-state index >= 15 is 4.39 Å². The SMILES string of the molecule is CC(=O)n1nc(-c2ccc(O)c(N3CC(=O)NS3(=O)=O)c2F)cc1C1CC1. The van der Waals surface area contributed by atoms with Gasteiger partial charge in [-0.3, -0.25) is 9.59 Å². The number of benzene rings is 1. The van der Waals surface area contributed by atoms with Crippen LogP contribution >= 0.6 is 0 Å². The molecule has 2 fully saturated rings. The Balaban J connectivity index is 1.86. The maximum Gasteiger partial charge on any atom is 0.326 e. The maximum absolute atomic E-state index is 15.2. The number of hydrogen-bond acceptors (Lipinski definition) is 6. The van der Waals surface area contributed by atoms with Crippen LogP contribution in [0.15, 0.2) is 18.2 Å². The van der Waals surface area contributed by atoms with E-state index in [2.05, 4.69) is 5.10 Å². The number of hydrogen-bond donors (Lipinski definition) is 2. The first-order valence-corrected chi connectivity index (χ1v) is 9.59. The van der Waals surface area contributed by atoms with Crippen molar-refractivity contribution in [2.24, 2.45) is 0 Å². The van der Waals surface area contributed by atoms with Crippen LogP contribution in [0, 0.1) is 5.82 Å². The molecule has 1 aliphatic carbocycles. The van der Waals surface area contributed by atoms with Crippen molar-refractivity contribution < 1.29 is 27.5 Å². The summed E-state index contributed by atoms with van der Waals surface area (Å²) in [7, 11) is -4.30. The standard InChI is InChI=1S/C16H15FN4O5S/c1-8(22)21-12(9-2-3-9)6-11(18-21)10-4-5-13(23)16(15(10)17)20-7-14(24)19-27(20,25)26/h4-6,9,23H,2-3,7H2,1H3,(H,19,24). The van der Waals surface area contributed by atoms with Crippen LogP contribution in [0.2, 0.25) is 0 Å². The van der Waals surface area contributed by atoms with E-state index in [9.17, 15) is 23.1 Å². The number of anilines is 1. The molecule has 0 unspecified atom stereocenters. The van der Waals surface area contributed by atoms with Crippen LogP contribution in [0.5, 0.6) is 5.75 Å². The first-order chi connectivity index (χ1) is 12.7. The number of carbonyl (C=O) groups is 2. The molecule has 2 aromatic rings. The molecule has 27 heavy (non-hydrogen) atoms. The molecule has 0 bridgehead atoms. The topological polar surface area (TPSA) is 122 Å². The number of phenols is 1. The summed E-state index contributed by atoms with van der Waals surface area (Å²) in [6, 6.07) is 3.95. The Morgan fingerprint density at radius 1 is 1.37 bits per heavy atom. The first kappa shape index (κ1) is 17.5. The number of aromatic nitrogens is 2. The number of carbonyl (C=O) groups excluding carboxylic acids is 2. The number of halogens is 1. The van der Waals surface area contributed by atoms with Gasteiger partial charge in [0.2, 0.25) is 5.91 Å². The molecule has 1 aliphatic heterocycles. The summed E-state index contributed by atoms with van der Waals surface area (Å²) >= 11 is 0. The highest BCUT2D eigenvalue weighted by atomic mass is 32.2. The lowest BCUT2D eigenvalue weighted by molar-refractivity contribution is -0.117. The number of rotatable bonds is 3. The summed E-state index contributed by atoms with van der Waals surface area (Å²) in [6.45, 7) is 0.695. The average Bonchev–Trinajstić information content (AvgIpc) is 3.25. The molecule has 0 spiro atoms. The molecule has 1 saturated carbocycles. The van der Waals surface area contributed by atoms with Crippen molar-refractivity contribution in [1.82, 2.24) is 14.5 Å². The molecule has 1 aromatic carbocycles. The van der Waals surface area contributed by atoms with E-state index in [1.165, 1.54) is 17.7 Å². The lowest BCUT2D eigenvalue weighted by Gasteiger charge is -2.18. The quantitative estimate of drug-likeness (QED) is 0.804. The van der Waals surface area contributed by atoms with E-state index in [-0.39, 0.29) is 23.1 Å². The molecule has 0 atom stereocenters. The van der Waals surface area contributed by atoms with E-state index in [4.69, 9.17) is 0 Å². The molecule has 1 saturated heterocycles. The third-order valence-electron chi connectivity index (χ3n) is 4.47. The second kappa shape index (κ2) is 5.78. The number of nitrogens with zero attached hydrogens (tertiary/aromatic N) is 3. The number of amides is 1. The van der Waals surface area contributed by atoms with Crippen molar-refractivity contribution in [1.29, 1.82) is 0 Å². The minimum absolute atomic E-state index is 0.0840. The Kier molecular flexibility index (Phi) is 3.74. The molecule has 1 amide bonds. The van der Waals surface area contributed by atoms with Crippen molar-refractivity contribution >= 4 is 27.7 Å². The third-order valence-corrected chi connectivity index (χ3v) is 5.85. The van der Waals surface area contributed by atoms with Gasteiger partial charge in [-0.05, 0) is 31.0 Å². The van der Waals surface area contributed by atoms with E-state index in [0.29, 0.717) is 10.00 Å². The lowest BCUT2D eigenvalue weighted by atomic mass is 10.1. The smallest absolute Gasteiger partial charge is 0.326 e. The second-order valence-electron chi connectivity index (χ2n) is 6.49. The fourth-order valence-corrected chi connectivity index (χ4v) is 4.25. The number of aromatic hydroxyl groups is 1.